The molecule has 1 aliphatic carbocycles. The molecule has 0 atom stereocenters. The first-order chi connectivity index (χ1) is 27.2. The molecule has 0 aromatic heterocycles. The molecule has 269 valence electrons. The minimum absolute atomic E-state index is 0. The maximum absolute atomic E-state index is 3.73. The molecule has 0 unspecified atom stereocenters. The summed E-state index contributed by atoms with van der Waals surface area (Å²) in [5.74, 6) is 0. The molecule has 0 N–H and O–H groups in total. The third-order valence-electron chi connectivity index (χ3n) is 11.9. The van der Waals surface area contributed by atoms with E-state index in [1.165, 1.54) is 126 Å². The zero-order chi connectivity index (χ0) is 36.8. The molecule has 0 bridgehead atoms. The van der Waals surface area contributed by atoms with E-state index in [-0.39, 0.29) is 37.7 Å². The van der Waals surface area contributed by atoms with Gasteiger partial charge in [-0.15, -0.1) is 34.9 Å². The number of aryl methyl sites for hydroxylation is 1. The van der Waals surface area contributed by atoms with E-state index in [1.54, 1.807) is 0 Å². The van der Waals surface area contributed by atoms with Gasteiger partial charge in [0.25, 0.3) is 0 Å². The first kappa shape index (κ1) is 35.0. The van der Waals surface area contributed by atoms with Crippen LogP contribution in [0.15, 0.2) is 170 Å². The van der Waals surface area contributed by atoms with E-state index in [2.05, 4.69) is 183 Å². The van der Waals surface area contributed by atoms with Crippen molar-refractivity contribution in [3.63, 3.8) is 0 Å². The minimum atomic E-state index is 0. The van der Waals surface area contributed by atoms with Crippen LogP contribution in [0.5, 0.6) is 0 Å². The van der Waals surface area contributed by atoms with E-state index in [9.17, 15) is 0 Å². The van der Waals surface area contributed by atoms with Crippen molar-refractivity contribution >= 4 is 64.6 Å². The average molecular weight is 863 g/mol. The Balaban J connectivity index is 0.00000126. The maximum atomic E-state index is 3.73. The second-order valence-electron chi connectivity index (χ2n) is 14.8. The van der Waals surface area contributed by atoms with Gasteiger partial charge in [0.05, 0.1) is 0 Å². The minimum Gasteiger partial charge on any atom is -0.144 e. The van der Waals surface area contributed by atoms with Crippen molar-refractivity contribution in [2.24, 2.45) is 0 Å². The van der Waals surface area contributed by atoms with E-state index in [0.717, 1.165) is 0 Å². The van der Waals surface area contributed by atoms with E-state index < -0.39 is 0 Å². The molecule has 1 heteroatoms. The fraction of sp³-hybridized carbons (Fsp3) is 0.0545. The van der Waals surface area contributed by atoms with Crippen LogP contribution in [-0.4, -0.2) is 0 Å². The van der Waals surface area contributed by atoms with E-state index >= 15 is 0 Å². The Bertz CT molecular complexity index is 3300. The van der Waals surface area contributed by atoms with Crippen LogP contribution in [0.25, 0.3) is 120 Å². The number of hydrogen-bond acceptors (Lipinski definition) is 0. The maximum Gasteiger partial charge on any atom is 0 e. The SMILES string of the molecule is CC.Cc1c[c-]c2c(c1)-c1cc3c4ccc(-c5ccccc5)cc4c(-c4ccc5ccc6cccc7ccc4c5c67)cc3c3ccc(-c4ccccc4)c-2c13.[Ho]. The van der Waals surface area contributed by atoms with Gasteiger partial charge in [-0.3, -0.25) is 0 Å². The molecule has 0 nitrogen and oxygen atoms in total. The van der Waals surface area contributed by atoms with Gasteiger partial charge in [0, 0.05) is 37.7 Å². The molecule has 11 aromatic rings. The first-order valence-electron chi connectivity index (χ1n) is 19.5. The van der Waals surface area contributed by atoms with Crippen molar-refractivity contribution in [3.8, 4) is 55.6 Å². The Labute approximate surface area is 357 Å². The van der Waals surface area contributed by atoms with Crippen LogP contribution in [0.4, 0.5) is 0 Å². The summed E-state index contributed by atoms with van der Waals surface area (Å²) in [7, 11) is 0. The van der Waals surface area contributed by atoms with Gasteiger partial charge in [0.2, 0.25) is 0 Å². The molecule has 1 radical (unpaired) electrons. The second-order valence-corrected chi connectivity index (χ2v) is 14.8. The van der Waals surface area contributed by atoms with Crippen molar-refractivity contribution in [2.75, 3.05) is 0 Å². The van der Waals surface area contributed by atoms with Crippen molar-refractivity contribution < 1.29 is 37.7 Å². The molecule has 0 saturated heterocycles. The fourth-order valence-electron chi connectivity index (χ4n) is 9.51. The molecule has 0 saturated carbocycles. The smallest absolute Gasteiger partial charge is 0 e. The summed E-state index contributed by atoms with van der Waals surface area (Å²) in [6.07, 6.45) is 0. The normalized spacial score (nSPS) is 11.7. The van der Waals surface area contributed by atoms with Crippen LogP contribution in [-0.2, 0) is 0 Å². The quantitative estimate of drug-likeness (QED) is 0.0943. The van der Waals surface area contributed by atoms with Gasteiger partial charge in [-0.25, -0.2) is 0 Å². The largest absolute Gasteiger partial charge is 0.144 e. The summed E-state index contributed by atoms with van der Waals surface area (Å²) in [5.41, 5.74) is 13.8. The predicted molar refractivity (Wildman–Crippen MR) is 238 cm³/mol. The number of hydrogen-bond donors (Lipinski definition) is 0. The Kier molecular flexibility index (Phi) is 8.49. The van der Waals surface area contributed by atoms with E-state index in [1.807, 2.05) is 13.8 Å². The zero-order valence-electron chi connectivity index (χ0n) is 31.5. The number of fused-ring (bicyclic) bond motifs is 7. The molecular weight excluding hydrogens is 826 g/mol. The number of rotatable bonds is 3. The van der Waals surface area contributed by atoms with Gasteiger partial charge in [-0.1, -0.05) is 188 Å². The van der Waals surface area contributed by atoms with Crippen LogP contribution in [0.1, 0.15) is 19.4 Å². The van der Waals surface area contributed by atoms with Crippen LogP contribution in [0.3, 0.4) is 0 Å². The van der Waals surface area contributed by atoms with Crippen LogP contribution in [0, 0.1) is 50.7 Å². The van der Waals surface area contributed by atoms with Gasteiger partial charge < -0.3 is 0 Å². The Morgan fingerprint density at radius 2 is 0.964 bits per heavy atom. The molecule has 0 heterocycles. The van der Waals surface area contributed by atoms with Crippen molar-refractivity contribution in [2.45, 2.75) is 20.8 Å². The van der Waals surface area contributed by atoms with Crippen LogP contribution < -0.4 is 0 Å². The Hall–Kier alpha value is -5.50. The summed E-state index contributed by atoms with van der Waals surface area (Å²) >= 11 is 0. The standard InChI is InChI=1S/C53H31.C2H6.Ho/c1-31-15-21-42-44(27-31)49-30-47-40-23-20-37(32-9-4-2-5-10-32)28-45(40)46(29-48(47)43-26-25-38(52(42)53(43)49)33-11-6-3-7-12-33)39-22-18-36-17-16-34-13-8-14-35-19-24-41(39)51(36)50(34)35;1-2;/h2-20,22-30H,1H3;1-2H3;/q-1;;. The molecule has 0 fully saturated rings. The van der Waals surface area contributed by atoms with Gasteiger partial charge in [-0.05, 0) is 99.2 Å². The monoisotopic (exact) mass is 862 g/mol. The average Bonchev–Trinajstić information content (AvgIpc) is 3.57. The molecule has 0 spiro atoms. The third-order valence-corrected chi connectivity index (χ3v) is 11.9. The van der Waals surface area contributed by atoms with Crippen molar-refractivity contribution in [1.82, 2.24) is 0 Å². The first-order valence-corrected chi connectivity index (χ1v) is 19.5. The Morgan fingerprint density at radius 1 is 0.357 bits per heavy atom. The summed E-state index contributed by atoms with van der Waals surface area (Å²) in [6, 6.07) is 67.2. The molecule has 1 aliphatic rings. The van der Waals surface area contributed by atoms with Gasteiger partial charge in [0.1, 0.15) is 0 Å². The topological polar surface area (TPSA) is 0 Å². The third kappa shape index (κ3) is 5.10. The Morgan fingerprint density at radius 3 is 1.73 bits per heavy atom. The second kappa shape index (κ2) is 13.6. The van der Waals surface area contributed by atoms with Crippen LogP contribution >= 0.6 is 0 Å². The molecule has 0 aliphatic heterocycles. The summed E-state index contributed by atoms with van der Waals surface area (Å²) < 4.78 is 0. The molecule has 12 rings (SSSR count). The molecule has 11 aromatic carbocycles. The summed E-state index contributed by atoms with van der Waals surface area (Å²) in [6.45, 7) is 6.18. The van der Waals surface area contributed by atoms with E-state index in [4.69, 9.17) is 0 Å². The van der Waals surface area contributed by atoms with Gasteiger partial charge >= 0.3 is 0 Å². The molecule has 56 heavy (non-hydrogen) atoms. The van der Waals surface area contributed by atoms with E-state index in [0.29, 0.717) is 0 Å². The summed E-state index contributed by atoms with van der Waals surface area (Å²) in [5, 5.41) is 15.6. The predicted octanol–water partition coefficient (Wildman–Crippen LogP) is 15.8. The molecule has 0 amide bonds. The van der Waals surface area contributed by atoms with Crippen LogP contribution in [0.2, 0.25) is 0 Å². The van der Waals surface area contributed by atoms with Crippen molar-refractivity contribution in [1.29, 1.82) is 0 Å². The molecular formula is C55H37Ho-. The van der Waals surface area contributed by atoms with Crippen molar-refractivity contribution in [3.05, 3.63) is 181 Å². The summed E-state index contributed by atoms with van der Waals surface area (Å²) in [4.78, 5) is 0. The van der Waals surface area contributed by atoms with Gasteiger partial charge in [-0.2, -0.15) is 0 Å². The van der Waals surface area contributed by atoms with Gasteiger partial charge in [0.15, 0.2) is 0 Å². The number of benzene rings is 11. The fourth-order valence-corrected chi connectivity index (χ4v) is 9.51. The zero-order valence-corrected chi connectivity index (χ0v) is 33.4.